The molecule has 3 nitrogen and oxygen atoms in total. The molecule has 0 radical (unpaired) electrons. The summed E-state index contributed by atoms with van der Waals surface area (Å²) < 4.78 is 0. The Labute approximate surface area is 120 Å². The molecule has 0 spiro atoms. The van der Waals surface area contributed by atoms with E-state index in [1.165, 1.54) is 6.92 Å². The second-order valence-electron chi connectivity index (χ2n) is 1.01. The SMILES string of the molecule is CC(O)C(=O)O.Cl.[Ca+2].[Ca+2]. The van der Waals surface area contributed by atoms with E-state index in [9.17, 15) is 4.79 Å². The molecule has 0 aliphatic rings. The van der Waals surface area contributed by atoms with Crippen molar-refractivity contribution < 1.29 is 15.0 Å². The molecular weight excluding hydrogens is 200 g/mol. The van der Waals surface area contributed by atoms with Crippen molar-refractivity contribution in [3.8, 4) is 0 Å². The average molecular weight is 207 g/mol. The molecule has 2 N–H and O–H groups in total. The van der Waals surface area contributed by atoms with Gasteiger partial charge in [0.1, 0.15) is 6.10 Å². The van der Waals surface area contributed by atoms with Gasteiger partial charge in [-0.2, -0.15) is 0 Å². The van der Waals surface area contributed by atoms with Gasteiger partial charge in [-0.05, 0) is 6.92 Å². The average Bonchev–Trinajstić information content (AvgIpc) is 1.36. The smallest absolute Gasteiger partial charge is 0.479 e. The Kier molecular flexibility index (Phi) is 32.2. The van der Waals surface area contributed by atoms with E-state index in [0.29, 0.717) is 0 Å². The van der Waals surface area contributed by atoms with Crippen molar-refractivity contribution in [2.45, 2.75) is 13.0 Å². The minimum absolute atomic E-state index is 0. The number of carboxylic acid groups (broad SMARTS) is 1. The van der Waals surface area contributed by atoms with Gasteiger partial charge in [-0.3, -0.25) is 0 Å². The second-order valence-corrected chi connectivity index (χ2v) is 1.01. The first kappa shape index (κ1) is 22.5. The molecule has 0 aromatic carbocycles. The zero-order chi connectivity index (χ0) is 5.15. The van der Waals surface area contributed by atoms with Gasteiger partial charge in [0.15, 0.2) is 0 Å². The van der Waals surface area contributed by atoms with E-state index in [1.807, 2.05) is 0 Å². The molecule has 1 atom stereocenters. The molecule has 0 bridgehead atoms. The maximum absolute atomic E-state index is 9.45. The molecule has 9 heavy (non-hydrogen) atoms. The van der Waals surface area contributed by atoms with Crippen molar-refractivity contribution in [2.24, 2.45) is 0 Å². The molecule has 0 fully saturated rings. The molecule has 0 aliphatic carbocycles. The van der Waals surface area contributed by atoms with E-state index in [1.54, 1.807) is 0 Å². The van der Waals surface area contributed by atoms with Crippen LogP contribution in [0.4, 0.5) is 0 Å². The van der Waals surface area contributed by atoms with E-state index in [2.05, 4.69) is 0 Å². The van der Waals surface area contributed by atoms with E-state index >= 15 is 0 Å². The van der Waals surface area contributed by atoms with Crippen LogP contribution in [0.5, 0.6) is 0 Å². The first-order valence-electron chi connectivity index (χ1n) is 1.55. The van der Waals surface area contributed by atoms with Crippen LogP contribution in [-0.2, 0) is 4.79 Å². The summed E-state index contributed by atoms with van der Waals surface area (Å²) in [6.07, 6.45) is -1.23. The van der Waals surface area contributed by atoms with Crippen LogP contribution in [0, 0.1) is 0 Å². The maximum atomic E-state index is 9.45. The normalized spacial score (nSPS) is 9.11. The molecule has 0 amide bonds. The summed E-state index contributed by atoms with van der Waals surface area (Å²) in [5.74, 6) is -1.19. The van der Waals surface area contributed by atoms with E-state index in [4.69, 9.17) is 10.2 Å². The van der Waals surface area contributed by atoms with Gasteiger partial charge >= 0.3 is 81.4 Å². The number of hydrogen-bond acceptors (Lipinski definition) is 2. The molecular formula is C3H7Ca2ClO3+4. The van der Waals surface area contributed by atoms with Gasteiger partial charge in [-0.25, -0.2) is 4.79 Å². The molecule has 0 saturated carbocycles. The van der Waals surface area contributed by atoms with Crippen molar-refractivity contribution >= 4 is 93.9 Å². The zero-order valence-electron chi connectivity index (χ0n) is 5.20. The van der Waals surface area contributed by atoms with Crippen LogP contribution in [0.15, 0.2) is 0 Å². The van der Waals surface area contributed by atoms with Crippen LogP contribution in [-0.4, -0.2) is 97.8 Å². The number of aliphatic carboxylic acids is 1. The fraction of sp³-hybridized carbons (Fsp3) is 0.667. The van der Waals surface area contributed by atoms with Crippen molar-refractivity contribution in [1.82, 2.24) is 0 Å². The minimum Gasteiger partial charge on any atom is -0.479 e. The minimum atomic E-state index is -1.23. The van der Waals surface area contributed by atoms with Gasteiger partial charge in [-0.15, -0.1) is 12.4 Å². The molecule has 0 heterocycles. The Hall–Kier alpha value is 2.24. The molecule has 6 heteroatoms. The second kappa shape index (κ2) is 12.9. The largest absolute Gasteiger partial charge is 2.00 e. The quantitative estimate of drug-likeness (QED) is 0.548. The molecule has 1 unspecified atom stereocenters. The monoisotopic (exact) mass is 206 g/mol. The predicted molar refractivity (Wildman–Crippen MR) is 38.1 cm³/mol. The van der Waals surface area contributed by atoms with Gasteiger partial charge in [0.05, 0.1) is 0 Å². The van der Waals surface area contributed by atoms with Crippen LogP contribution in [0.2, 0.25) is 0 Å². The molecule has 44 valence electrons. The topological polar surface area (TPSA) is 57.5 Å². The third-order valence-corrected chi connectivity index (χ3v) is 0.357. The third-order valence-electron chi connectivity index (χ3n) is 0.357. The van der Waals surface area contributed by atoms with E-state index in [0.717, 1.165) is 0 Å². The summed E-state index contributed by atoms with van der Waals surface area (Å²) >= 11 is 0. The summed E-state index contributed by atoms with van der Waals surface area (Å²) in [5, 5.41) is 15.8. The van der Waals surface area contributed by atoms with Gasteiger partial charge < -0.3 is 10.2 Å². The summed E-state index contributed by atoms with van der Waals surface area (Å²) in [4.78, 5) is 9.45. The Morgan fingerprint density at radius 1 is 1.44 bits per heavy atom. The standard InChI is InChI=1S/C3H6O3.2Ca.ClH/c1-2(4)3(5)6;;;/h2,4H,1H3,(H,5,6);;;1H/q;2*+2;. The van der Waals surface area contributed by atoms with E-state index < -0.39 is 12.1 Å². The first-order chi connectivity index (χ1) is 2.64. The third kappa shape index (κ3) is 17.9. The van der Waals surface area contributed by atoms with Crippen molar-refractivity contribution in [2.75, 3.05) is 0 Å². The number of aliphatic hydroxyl groups excluding tert-OH is 1. The number of halogens is 1. The Morgan fingerprint density at radius 2 is 1.56 bits per heavy atom. The van der Waals surface area contributed by atoms with Gasteiger partial charge in [0.2, 0.25) is 0 Å². The van der Waals surface area contributed by atoms with Gasteiger partial charge in [0.25, 0.3) is 0 Å². The van der Waals surface area contributed by atoms with Crippen LogP contribution in [0.1, 0.15) is 6.92 Å². The van der Waals surface area contributed by atoms with E-state index in [-0.39, 0.29) is 87.9 Å². The van der Waals surface area contributed by atoms with Crippen LogP contribution < -0.4 is 0 Å². The summed E-state index contributed by atoms with van der Waals surface area (Å²) in [6.45, 7) is 1.20. The molecule has 0 aromatic heterocycles. The summed E-state index contributed by atoms with van der Waals surface area (Å²) in [7, 11) is 0. The number of rotatable bonds is 1. The zero-order valence-corrected chi connectivity index (χ0v) is 10.4. The number of carboxylic acids is 1. The Balaban J connectivity index is -0.0000000417. The maximum Gasteiger partial charge on any atom is 2.00 e. The van der Waals surface area contributed by atoms with Crippen LogP contribution in [0.3, 0.4) is 0 Å². The van der Waals surface area contributed by atoms with Gasteiger partial charge in [-0.1, -0.05) is 0 Å². The first-order valence-corrected chi connectivity index (χ1v) is 1.55. The van der Waals surface area contributed by atoms with Crippen LogP contribution in [0.25, 0.3) is 0 Å². The van der Waals surface area contributed by atoms with Crippen LogP contribution >= 0.6 is 12.4 Å². The molecule has 0 aromatic rings. The number of hydrogen-bond donors (Lipinski definition) is 2. The summed E-state index contributed by atoms with van der Waals surface area (Å²) in [5.41, 5.74) is 0. The number of carbonyl (C=O) groups is 1. The fourth-order valence-electron chi connectivity index (χ4n) is 0. The fourth-order valence-corrected chi connectivity index (χ4v) is 0. The van der Waals surface area contributed by atoms with Crippen molar-refractivity contribution in [1.29, 1.82) is 0 Å². The Morgan fingerprint density at radius 3 is 1.56 bits per heavy atom. The van der Waals surface area contributed by atoms with Crippen molar-refractivity contribution in [3.05, 3.63) is 0 Å². The van der Waals surface area contributed by atoms with Crippen molar-refractivity contribution in [3.63, 3.8) is 0 Å². The molecule has 0 saturated heterocycles. The Bertz CT molecular complexity index is 68.1. The molecule has 0 rings (SSSR count). The number of aliphatic hydroxyl groups is 1. The summed E-state index contributed by atoms with van der Waals surface area (Å²) in [6, 6.07) is 0. The molecule has 0 aliphatic heterocycles. The predicted octanol–water partition coefficient (Wildman–Crippen LogP) is -0.888. The van der Waals surface area contributed by atoms with Gasteiger partial charge in [0, 0.05) is 0 Å².